The van der Waals surface area contributed by atoms with Crippen molar-refractivity contribution >= 4 is 17.6 Å². The summed E-state index contributed by atoms with van der Waals surface area (Å²) in [6.07, 6.45) is 0.468. The average Bonchev–Trinajstić information content (AvgIpc) is 2.99. The number of carbonyl (C=O) groups is 2. The predicted octanol–water partition coefficient (Wildman–Crippen LogP) is 0.247. The van der Waals surface area contributed by atoms with Gasteiger partial charge in [-0.2, -0.15) is 0 Å². The quantitative estimate of drug-likeness (QED) is 0.491. The highest BCUT2D eigenvalue weighted by Crippen LogP contribution is 2.23. The van der Waals surface area contributed by atoms with Crippen molar-refractivity contribution in [3.05, 3.63) is 52.6 Å². The van der Waals surface area contributed by atoms with Gasteiger partial charge in [0.25, 0.3) is 0 Å². The molecule has 0 fully saturated rings. The lowest BCUT2D eigenvalue weighted by Gasteiger charge is -2.19. The maximum Gasteiger partial charge on any atom is 0.355 e. The molecule has 0 aliphatic heterocycles. The van der Waals surface area contributed by atoms with Crippen molar-refractivity contribution in [1.82, 2.24) is 4.98 Å². The molecule has 6 nitrogen and oxygen atoms in total. The van der Waals surface area contributed by atoms with Crippen LogP contribution >= 0.6 is 0 Å². The summed E-state index contributed by atoms with van der Waals surface area (Å²) in [5.41, 5.74) is 1.93. The summed E-state index contributed by atoms with van der Waals surface area (Å²) in [4.78, 5) is 28.3. The number of benzene rings is 1. The van der Waals surface area contributed by atoms with Crippen molar-refractivity contribution < 1.29 is 41.2 Å². The number of rotatable bonds is 7. The number of esters is 2. The first-order chi connectivity index (χ1) is 13.2. The number of aromatic nitrogens is 1. The molecule has 1 heterocycles. The van der Waals surface area contributed by atoms with Crippen molar-refractivity contribution in [2.45, 2.75) is 53.2 Å². The zero-order valence-corrected chi connectivity index (χ0v) is 18.2. The Morgan fingerprint density at radius 2 is 1.72 bits per heavy atom. The summed E-state index contributed by atoms with van der Waals surface area (Å²) >= 11 is 0. The first kappa shape index (κ1) is 24.7. The highest BCUT2D eigenvalue weighted by Gasteiger charge is 2.29. The van der Waals surface area contributed by atoms with E-state index in [0.29, 0.717) is 29.8 Å². The Morgan fingerprint density at radius 3 is 2.24 bits per heavy atom. The molecule has 0 radical (unpaired) electrons. The molecule has 160 valence electrons. The Bertz CT molecular complexity index is 842. The molecule has 0 aliphatic carbocycles. The number of H-pyrrole nitrogens is 1. The van der Waals surface area contributed by atoms with Crippen LogP contribution in [0.2, 0.25) is 0 Å². The number of nitrogens with one attached hydrogen (secondary N) is 1. The van der Waals surface area contributed by atoms with Gasteiger partial charge in [0.2, 0.25) is 0 Å². The number of hydrogen-bond acceptors (Lipinski definition) is 4. The Hall–Kier alpha value is -2.38. The second kappa shape index (κ2) is 10.4. The van der Waals surface area contributed by atoms with Gasteiger partial charge in [0, 0.05) is 12.1 Å². The van der Waals surface area contributed by atoms with E-state index in [4.69, 9.17) is 9.47 Å². The van der Waals surface area contributed by atoms with Crippen LogP contribution in [0.1, 0.15) is 66.7 Å². The van der Waals surface area contributed by atoms with Crippen molar-refractivity contribution in [2.24, 2.45) is 0 Å². The molecule has 0 unspecified atom stereocenters. The minimum Gasteiger partial charge on any atom is -1.00 e. The number of nitrogens with two attached hydrogens (primary N) is 1. The zero-order chi connectivity index (χ0) is 20.9. The standard InChI is InChI=1S/C21H27FN2O4.ClH/c1-6-15-17(19(25)27-7-2)16(12-23-14-10-8-13(22)9-11-14)24-18(15)20(26)28-21(3,4)5;/h8-11,23-24H,6-7,12H2,1-5H3;1H. The van der Waals surface area contributed by atoms with E-state index in [0.717, 1.165) is 5.69 Å². The predicted molar refractivity (Wildman–Crippen MR) is 103 cm³/mol. The number of carbonyl (C=O) groups excluding carboxylic acids is 2. The summed E-state index contributed by atoms with van der Waals surface area (Å²) in [7, 11) is 0. The molecular formula is C21H28ClFN2O4. The summed E-state index contributed by atoms with van der Waals surface area (Å²) in [6.45, 7) is 9.55. The smallest absolute Gasteiger partial charge is 0.355 e. The van der Waals surface area contributed by atoms with E-state index in [1.807, 2.05) is 12.2 Å². The molecule has 0 spiro atoms. The lowest BCUT2D eigenvalue weighted by molar-refractivity contribution is -0.589. The lowest BCUT2D eigenvalue weighted by atomic mass is 10.1. The van der Waals surface area contributed by atoms with Crippen molar-refractivity contribution in [2.75, 3.05) is 6.61 Å². The maximum absolute atomic E-state index is 13.1. The zero-order valence-electron chi connectivity index (χ0n) is 17.4. The van der Waals surface area contributed by atoms with Gasteiger partial charge in [0.15, 0.2) is 0 Å². The van der Waals surface area contributed by atoms with Crippen LogP contribution in [0, 0.1) is 5.82 Å². The van der Waals surface area contributed by atoms with Crippen molar-refractivity contribution in [3.8, 4) is 0 Å². The van der Waals surface area contributed by atoms with Crippen molar-refractivity contribution in [1.29, 1.82) is 0 Å². The molecule has 0 amide bonds. The van der Waals surface area contributed by atoms with Gasteiger partial charge in [-0.05, 0) is 51.8 Å². The number of aromatic amines is 1. The van der Waals surface area contributed by atoms with Crippen LogP contribution in [0.3, 0.4) is 0 Å². The normalized spacial score (nSPS) is 11.0. The SMILES string of the molecule is CCOC(=O)c1c(C[NH2+]c2ccc(F)cc2)[nH]c(C(=O)OC(C)(C)C)c1CC.[Cl-]. The van der Waals surface area contributed by atoms with Crippen LogP contribution in [-0.2, 0) is 22.4 Å². The fourth-order valence-electron chi connectivity index (χ4n) is 2.87. The minimum absolute atomic E-state index is 0. The van der Waals surface area contributed by atoms with E-state index in [9.17, 15) is 14.0 Å². The van der Waals surface area contributed by atoms with Gasteiger partial charge in [0.05, 0.1) is 17.9 Å². The molecule has 0 saturated carbocycles. The third-order valence-corrected chi connectivity index (χ3v) is 4.03. The Morgan fingerprint density at radius 1 is 1.10 bits per heavy atom. The first-order valence-corrected chi connectivity index (χ1v) is 9.39. The maximum atomic E-state index is 13.1. The Balaban J connectivity index is 0.00000420. The molecule has 0 bridgehead atoms. The highest BCUT2D eigenvalue weighted by atomic mass is 35.5. The van der Waals surface area contributed by atoms with Gasteiger partial charge < -0.3 is 32.2 Å². The molecule has 0 atom stereocenters. The molecule has 8 heteroatoms. The van der Waals surface area contributed by atoms with Crippen LogP contribution in [0.25, 0.3) is 0 Å². The topological polar surface area (TPSA) is 85.0 Å². The lowest BCUT2D eigenvalue weighted by Crippen LogP contribution is -3.00. The number of halogens is 2. The van der Waals surface area contributed by atoms with Gasteiger partial charge in [0.1, 0.15) is 29.3 Å². The molecule has 2 rings (SSSR count). The average molecular weight is 427 g/mol. The fourth-order valence-corrected chi connectivity index (χ4v) is 2.87. The largest absolute Gasteiger partial charge is 1.00 e. The Kier molecular flexibility index (Phi) is 8.85. The summed E-state index contributed by atoms with van der Waals surface area (Å²) in [5.74, 6) is -1.31. The van der Waals surface area contributed by atoms with Gasteiger partial charge in [-0.1, -0.05) is 6.92 Å². The van der Waals surface area contributed by atoms with Crippen LogP contribution < -0.4 is 17.7 Å². The van der Waals surface area contributed by atoms with E-state index >= 15 is 0 Å². The molecule has 0 aliphatic rings. The molecule has 2 aromatic rings. The minimum atomic E-state index is -0.655. The van der Waals surface area contributed by atoms with Gasteiger partial charge in [-0.15, -0.1) is 0 Å². The second-order valence-corrected chi connectivity index (χ2v) is 7.37. The second-order valence-electron chi connectivity index (χ2n) is 7.37. The van der Waals surface area contributed by atoms with Crippen molar-refractivity contribution in [3.63, 3.8) is 0 Å². The van der Waals surface area contributed by atoms with E-state index < -0.39 is 17.5 Å². The number of quaternary nitrogens is 1. The van der Waals surface area contributed by atoms with Crippen LogP contribution in [0.4, 0.5) is 10.1 Å². The molecule has 29 heavy (non-hydrogen) atoms. The monoisotopic (exact) mass is 426 g/mol. The van der Waals surface area contributed by atoms with E-state index in [1.54, 1.807) is 39.8 Å². The summed E-state index contributed by atoms with van der Waals surface area (Å²) in [5, 5.41) is 1.85. The summed E-state index contributed by atoms with van der Waals surface area (Å²) < 4.78 is 23.8. The Labute approximate surface area is 176 Å². The summed E-state index contributed by atoms with van der Waals surface area (Å²) in [6, 6.07) is 6.04. The molecular weight excluding hydrogens is 399 g/mol. The fraction of sp³-hybridized carbons (Fsp3) is 0.429. The van der Waals surface area contributed by atoms with Gasteiger partial charge in [-0.3, -0.25) is 0 Å². The van der Waals surface area contributed by atoms with Crippen LogP contribution in [0.5, 0.6) is 0 Å². The molecule has 1 aromatic heterocycles. The van der Waals surface area contributed by atoms with E-state index in [-0.39, 0.29) is 30.5 Å². The molecule has 1 aromatic carbocycles. The highest BCUT2D eigenvalue weighted by molar-refractivity contribution is 5.98. The first-order valence-electron chi connectivity index (χ1n) is 9.39. The van der Waals surface area contributed by atoms with Crippen LogP contribution in [0.15, 0.2) is 24.3 Å². The van der Waals surface area contributed by atoms with Crippen LogP contribution in [-0.4, -0.2) is 29.1 Å². The number of hydrogen-bond donors (Lipinski definition) is 2. The molecule has 3 N–H and O–H groups in total. The van der Waals surface area contributed by atoms with E-state index in [2.05, 4.69) is 4.98 Å². The molecule has 0 saturated heterocycles. The third-order valence-electron chi connectivity index (χ3n) is 4.03. The third kappa shape index (κ3) is 6.58. The van der Waals surface area contributed by atoms with Gasteiger partial charge >= 0.3 is 11.9 Å². The van der Waals surface area contributed by atoms with E-state index in [1.165, 1.54) is 12.1 Å². The van der Waals surface area contributed by atoms with Gasteiger partial charge in [-0.25, -0.2) is 14.0 Å². The number of ether oxygens (including phenoxy) is 2.